The molecular formula is C26H27ClF3N5O3S. The van der Waals surface area contributed by atoms with Crippen LogP contribution >= 0.6 is 11.6 Å². The van der Waals surface area contributed by atoms with E-state index in [1.807, 2.05) is 0 Å². The summed E-state index contributed by atoms with van der Waals surface area (Å²) in [5.74, 6) is -0.337. The molecule has 13 heteroatoms. The Balaban J connectivity index is 1.33. The summed E-state index contributed by atoms with van der Waals surface area (Å²) in [6, 6.07) is 6.82. The fourth-order valence-electron chi connectivity index (χ4n) is 5.31. The van der Waals surface area contributed by atoms with Gasteiger partial charge in [0.15, 0.2) is 9.84 Å². The van der Waals surface area contributed by atoms with Crippen molar-refractivity contribution < 1.29 is 26.3 Å². The summed E-state index contributed by atoms with van der Waals surface area (Å²) in [5.41, 5.74) is -0.106. The van der Waals surface area contributed by atoms with Crippen molar-refractivity contribution in [3.8, 4) is 5.88 Å². The third kappa shape index (κ3) is 6.50. The Morgan fingerprint density at radius 2 is 1.90 bits per heavy atom. The maximum atomic E-state index is 13.3. The van der Waals surface area contributed by atoms with Gasteiger partial charge < -0.3 is 4.74 Å². The zero-order valence-corrected chi connectivity index (χ0v) is 22.5. The normalized spacial score (nSPS) is 22.6. The van der Waals surface area contributed by atoms with Crippen molar-refractivity contribution in [2.45, 2.75) is 67.0 Å². The summed E-state index contributed by atoms with van der Waals surface area (Å²) in [7, 11) is -3.75. The van der Waals surface area contributed by atoms with E-state index in [2.05, 4.69) is 24.8 Å². The van der Waals surface area contributed by atoms with Crippen molar-refractivity contribution >= 4 is 21.4 Å². The fourth-order valence-corrected chi connectivity index (χ4v) is 6.82. The third-order valence-electron chi connectivity index (χ3n) is 7.23. The first-order chi connectivity index (χ1) is 18.6. The Labute approximate surface area is 229 Å². The van der Waals surface area contributed by atoms with Crippen molar-refractivity contribution in [1.29, 1.82) is 0 Å². The number of halogens is 4. The number of rotatable bonds is 7. The molecule has 208 valence electrons. The average molecular weight is 582 g/mol. The van der Waals surface area contributed by atoms with E-state index in [9.17, 15) is 21.6 Å². The minimum Gasteiger partial charge on any atom is -0.472 e. The van der Waals surface area contributed by atoms with Crippen LogP contribution in [-0.2, 0) is 21.8 Å². The van der Waals surface area contributed by atoms with E-state index in [1.165, 1.54) is 36.9 Å². The molecule has 3 aromatic rings. The van der Waals surface area contributed by atoms with Gasteiger partial charge in [-0.25, -0.2) is 28.4 Å². The lowest BCUT2D eigenvalue weighted by Crippen LogP contribution is -2.48. The summed E-state index contributed by atoms with van der Waals surface area (Å²) < 4.78 is 71.7. The van der Waals surface area contributed by atoms with Crippen LogP contribution in [0.25, 0.3) is 0 Å². The molecule has 0 radical (unpaired) electrons. The average Bonchev–Trinajstić information content (AvgIpc) is 3.45. The van der Waals surface area contributed by atoms with Gasteiger partial charge in [-0.15, -0.1) is 0 Å². The minimum atomic E-state index is -4.50. The molecule has 1 aliphatic carbocycles. The molecule has 1 aliphatic heterocycles. The Kier molecular flexibility index (Phi) is 8.06. The van der Waals surface area contributed by atoms with Crippen LogP contribution in [0.4, 0.5) is 13.2 Å². The molecule has 3 atom stereocenters. The zero-order chi connectivity index (χ0) is 27.6. The van der Waals surface area contributed by atoms with Crippen LogP contribution in [0.5, 0.6) is 5.88 Å². The first-order valence-corrected chi connectivity index (χ1v) is 14.7. The van der Waals surface area contributed by atoms with Gasteiger partial charge in [0, 0.05) is 30.0 Å². The van der Waals surface area contributed by atoms with E-state index in [4.69, 9.17) is 16.3 Å². The number of aromatic nitrogens is 4. The maximum Gasteiger partial charge on any atom is 0.433 e. The molecule has 4 heterocycles. The number of likely N-dealkylation sites (tertiary alicyclic amines) is 1. The number of sulfone groups is 1. The molecule has 1 saturated heterocycles. The molecule has 2 aliphatic rings. The molecule has 0 N–H and O–H groups in total. The van der Waals surface area contributed by atoms with Crippen LogP contribution in [-0.4, -0.2) is 58.5 Å². The number of nitrogens with zero attached hydrogens (tertiary/aromatic N) is 5. The molecular weight excluding hydrogens is 555 g/mol. The van der Waals surface area contributed by atoms with E-state index in [0.29, 0.717) is 30.7 Å². The summed E-state index contributed by atoms with van der Waals surface area (Å²) in [4.78, 5) is 18.2. The highest BCUT2D eigenvalue weighted by atomic mass is 35.5. The smallest absolute Gasteiger partial charge is 0.433 e. The summed E-state index contributed by atoms with van der Waals surface area (Å²) in [6.07, 6.45) is 2.97. The molecule has 0 spiro atoms. The summed E-state index contributed by atoms with van der Waals surface area (Å²) >= 11 is 6.44. The molecule has 0 aromatic carbocycles. The Bertz CT molecular complexity index is 1410. The second-order valence-electron chi connectivity index (χ2n) is 9.84. The van der Waals surface area contributed by atoms with Crippen LogP contribution in [0.3, 0.4) is 0 Å². The quantitative estimate of drug-likeness (QED) is 0.380. The number of pyridine rings is 2. The van der Waals surface area contributed by atoms with Crippen molar-refractivity contribution in [2.75, 3.05) is 13.1 Å². The monoisotopic (exact) mass is 581 g/mol. The zero-order valence-electron chi connectivity index (χ0n) is 20.9. The Morgan fingerprint density at radius 1 is 1.10 bits per heavy atom. The van der Waals surface area contributed by atoms with E-state index < -0.39 is 21.7 Å². The molecule has 0 amide bonds. The van der Waals surface area contributed by atoms with Crippen LogP contribution < -0.4 is 4.74 Å². The number of hydrogen-bond donors (Lipinski definition) is 0. The van der Waals surface area contributed by atoms with Gasteiger partial charge in [0.25, 0.3) is 0 Å². The minimum absolute atomic E-state index is 0.0473. The van der Waals surface area contributed by atoms with Gasteiger partial charge >= 0.3 is 6.18 Å². The molecule has 3 aromatic heterocycles. The van der Waals surface area contributed by atoms with Gasteiger partial charge in [0.1, 0.15) is 23.1 Å². The second kappa shape index (κ2) is 11.3. The van der Waals surface area contributed by atoms with Crippen molar-refractivity contribution in [2.24, 2.45) is 0 Å². The number of alkyl halides is 3. The van der Waals surface area contributed by atoms with Gasteiger partial charge in [-0.05, 0) is 69.5 Å². The molecule has 1 saturated carbocycles. The van der Waals surface area contributed by atoms with Gasteiger partial charge in [0.05, 0.1) is 16.3 Å². The first kappa shape index (κ1) is 27.7. The summed E-state index contributed by atoms with van der Waals surface area (Å²) in [5, 5.41) is 0.0700. The van der Waals surface area contributed by atoms with E-state index in [1.54, 1.807) is 6.07 Å². The Hall–Kier alpha value is -2.83. The predicted molar refractivity (Wildman–Crippen MR) is 137 cm³/mol. The highest BCUT2D eigenvalue weighted by Gasteiger charge is 2.39. The van der Waals surface area contributed by atoms with Crippen LogP contribution in [0.15, 0.2) is 53.9 Å². The predicted octanol–water partition coefficient (Wildman–Crippen LogP) is 5.09. The van der Waals surface area contributed by atoms with Crippen molar-refractivity contribution in [3.05, 3.63) is 71.2 Å². The lowest BCUT2D eigenvalue weighted by atomic mass is 9.81. The highest BCUT2D eigenvalue weighted by Crippen LogP contribution is 2.39. The van der Waals surface area contributed by atoms with E-state index in [-0.39, 0.29) is 39.6 Å². The highest BCUT2D eigenvalue weighted by molar-refractivity contribution is 7.90. The van der Waals surface area contributed by atoms with E-state index >= 15 is 0 Å². The number of hydrogen-bond acceptors (Lipinski definition) is 8. The lowest BCUT2D eigenvalue weighted by molar-refractivity contribution is -0.141. The topological polar surface area (TPSA) is 98.2 Å². The number of ether oxygens (including phenoxy) is 1. The van der Waals surface area contributed by atoms with Crippen LogP contribution in [0, 0.1) is 0 Å². The standard InChI is InChI=1S/C26H27ClF3N5O3S/c27-20-13-19(39(36,37)15-18-8-9-31-16-33-18)14-32-25(20)38-23-7-6-17(12-22(23)35-10-1-2-11-35)21-4-3-5-24(34-21)26(28,29)30/h3-5,8-9,13-14,16-17,22-23H,1-2,6-7,10-12,15H2/t17-,22-,23-/m0/s1. The molecule has 0 unspecified atom stereocenters. The van der Waals surface area contributed by atoms with Crippen LogP contribution in [0.2, 0.25) is 5.02 Å². The van der Waals surface area contributed by atoms with Gasteiger partial charge in [-0.3, -0.25) is 4.90 Å². The molecule has 0 bridgehead atoms. The summed E-state index contributed by atoms with van der Waals surface area (Å²) in [6.45, 7) is 1.74. The largest absolute Gasteiger partial charge is 0.472 e. The third-order valence-corrected chi connectivity index (χ3v) is 9.12. The SMILES string of the molecule is O=S(=O)(Cc1ccncn1)c1cnc(O[C@H]2CC[C@H](c3cccc(C(F)(F)F)n3)C[C@@H]2N2CCCC2)c(Cl)c1. The van der Waals surface area contributed by atoms with Gasteiger partial charge in [-0.2, -0.15) is 13.2 Å². The molecule has 39 heavy (non-hydrogen) atoms. The van der Waals surface area contributed by atoms with Gasteiger partial charge in [0.2, 0.25) is 5.88 Å². The molecule has 8 nitrogen and oxygen atoms in total. The molecule has 5 rings (SSSR count). The van der Waals surface area contributed by atoms with Crippen LogP contribution in [0.1, 0.15) is 55.1 Å². The fraction of sp³-hybridized carbons (Fsp3) is 0.462. The lowest BCUT2D eigenvalue weighted by Gasteiger charge is -2.40. The van der Waals surface area contributed by atoms with E-state index in [0.717, 1.165) is 32.0 Å². The van der Waals surface area contributed by atoms with Gasteiger partial charge in [-0.1, -0.05) is 17.7 Å². The molecule has 2 fully saturated rings. The van der Waals surface area contributed by atoms with Crippen molar-refractivity contribution in [1.82, 2.24) is 24.8 Å². The first-order valence-electron chi connectivity index (χ1n) is 12.7. The second-order valence-corrected chi connectivity index (χ2v) is 12.2. The maximum absolute atomic E-state index is 13.3. The van der Waals surface area contributed by atoms with Crippen molar-refractivity contribution in [3.63, 3.8) is 0 Å². The Morgan fingerprint density at radius 3 is 2.59 bits per heavy atom.